The second-order valence-corrected chi connectivity index (χ2v) is 7.63. The molecule has 0 unspecified atom stereocenters. The number of halogens is 2. The number of rotatable bonds is 6. The van der Waals surface area contributed by atoms with Gasteiger partial charge in [-0.2, -0.15) is 4.31 Å². The summed E-state index contributed by atoms with van der Waals surface area (Å²) < 4.78 is 51.1. The van der Waals surface area contributed by atoms with E-state index in [0.29, 0.717) is 0 Å². The highest BCUT2D eigenvalue weighted by Crippen LogP contribution is 2.24. The highest BCUT2D eigenvalue weighted by atomic mass is 32.2. The fourth-order valence-electron chi connectivity index (χ4n) is 2.83. The topological polar surface area (TPSA) is 66.5 Å². The largest absolute Gasteiger partial charge is 0.351 e. The van der Waals surface area contributed by atoms with E-state index in [4.69, 9.17) is 0 Å². The second kappa shape index (κ2) is 7.35. The molecule has 1 fully saturated rings. The number of hydrogen-bond donors (Lipinski definition) is 1. The summed E-state index contributed by atoms with van der Waals surface area (Å²) in [5.74, 6) is -2.68. The predicted octanol–water partition coefficient (Wildman–Crippen LogP) is 1.90. The number of benzene rings is 1. The normalized spacial score (nSPS) is 16.0. The summed E-state index contributed by atoms with van der Waals surface area (Å²) in [5.41, 5.74) is -0.00401. The lowest BCUT2D eigenvalue weighted by Crippen LogP contribution is -2.43. The fraction of sp³-hybridized carbons (Fsp3) is 0.533. The van der Waals surface area contributed by atoms with Crippen LogP contribution in [0.5, 0.6) is 0 Å². The summed E-state index contributed by atoms with van der Waals surface area (Å²) in [5, 5.41) is 2.54. The second-order valence-electron chi connectivity index (χ2n) is 5.70. The van der Waals surface area contributed by atoms with Crippen LogP contribution in [-0.2, 0) is 10.0 Å². The maximum absolute atomic E-state index is 13.1. The molecule has 0 heterocycles. The van der Waals surface area contributed by atoms with Crippen LogP contribution in [0.4, 0.5) is 8.78 Å². The van der Waals surface area contributed by atoms with E-state index in [9.17, 15) is 22.0 Å². The Labute approximate surface area is 134 Å². The molecule has 5 nitrogen and oxygen atoms in total. The third kappa shape index (κ3) is 4.71. The van der Waals surface area contributed by atoms with Gasteiger partial charge < -0.3 is 5.32 Å². The Morgan fingerprint density at radius 2 is 1.91 bits per heavy atom. The first kappa shape index (κ1) is 17.8. The number of carbonyl (C=O) groups is 1. The Morgan fingerprint density at radius 3 is 2.48 bits per heavy atom. The van der Waals surface area contributed by atoms with Gasteiger partial charge in [-0.1, -0.05) is 12.8 Å². The molecule has 0 aliphatic heterocycles. The SMILES string of the molecule is CS(=O)(=O)N(CCNC(=O)c1ccc(F)c(F)c1)C1CCCC1. The van der Waals surface area contributed by atoms with Crippen molar-refractivity contribution in [1.29, 1.82) is 0 Å². The minimum absolute atomic E-state index is 0.00401. The van der Waals surface area contributed by atoms with Gasteiger partial charge in [0.05, 0.1) is 6.26 Å². The van der Waals surface area contributed by atoms with Gasteiger partial charge in [0.15, 0.2) is 11.6 Å². The molecule has 0 spiro atoms. The van der Waals surface area contributed by atoms with Crippen molar-refractivity contribution in [3.63, 3.8) is 0 Å². The number of nitrogens with zero attached hydrogens (tertiary/aromatic N) is 1. The Hall–Kier alpha value is -1.54. The average Bonchev–Trinajstić information content (AvgIpc) is 2.98. The summed E-state index contributed by atoms with van der Waals surface area (Å²) in [6.07, 6.45) is 4.80. The van der Waals surface area contributed by atoms with Crippen molar-refractivity contribution in [1.82, 2.24) is 9.62 Å². The van der Waals surface area contributed by atoms with E-state index in [-0.39, 0.29) is 24.7 Å². The lowest BCUT2D eigenvalue weighted by atomic mass is 10.2. The number of carbonyl (C=O) groups excluding carboxylic acids is 1. The molecule has 23 heavy (non-hydrogen) atoms. The molecular formula is C15H20F2N2O3S. The van der Waals surface area contributed by atoms with E-state index >= 15 is 0 Å². The first-order chi connectivity index (χ1) is 10.8. The highest BCUT2D eigenvalue weighted by molar-refractivity contribution is 7.88. The van der Waals surface area contributed by atoms with Gasteiger partial charge in [0.1, 0.15) is 0 Å². The van der Waals surface area contributed by atoms with E-state index in [2.05, 4.69) is 5.32 Å². The van der Waals surface area contributed by atoms with Gasteiger partial charge in [0.25, 0.3) is 5.91 Å². The van der Waals surface area contributed by atoms with Crippen molar-refractivity contribution >= 4 is 15.9 Å². The Morgan fingerprint density at radius 1 is 1.26 bits per heavy atom. The molecule has 0 aromatic heterocycles. The van der Waals surface area contributed by atoms with Crippen LogP contribution in [0.15, 0.2) is 18.2 Å². The molecule has 1 aliphatic carbocycles. The van der Waals surface area contributed by atoms with Crippen molar-refractivity contribution in [2.24, 2.45) is 0 Å². The van der Waals surface area contributed by atoms with Gasteiger partial charge in [-0.05, 0) is 31.0 Å². The van der Waals surface area contributed by atoms with Crippen LogP contribution in [0, 0.1) is 11.6 Å². The lowest BCUT2D eigenvalue weighted by molar-refractivity contribution is 0.0949. The van der Waals surface area contributed by atoms with E-state index in [1.54, 1.807) is 0 Å². The standard InChI is InChI=1S/C15H20F2N2O3S/c1-23(21,22)19(12-4-2-3-5-12)9-8-18-15(20)11-6-7-13(16)14(17)10-11/h6-7,10,12H,2-5,8-9H2,1H3,(H,18,20). The minimum atomic E-state index is -3.35. The zero-order chi connectivity index (χ0) is 17.0. The Kier molecular flexibility index (Phi) is 5.69. The van der Waals surface area contributed by atoms with Crippen LogP contribution in [0.2, 0.25) is 0 Å². The van der Waals surface area contributed by atoms with Gasteiger partial charge >= 0.3 is 0 Å². The molecule has 0 atom stereocenters. The molecule has 0 bridgehead atoms. The molecule has 8 heteroatoms. The van der Waals surface area contributed by atoms with Crippen molar-refractivity contribution in [2.75, 3.05) is 19.3 Å². The molecule has 0 radical (unpaired) electrons. The summed E-state index contributed by atoms with van der Waals surface area (Å²) in [4.78, 5) is 11.9. The van der Waals surface area contributed by atoms with E-state index in [1.165, 1.54) is 10.4 Å². The summed E-state index contributed by atoms with van der Waals surface area (Å²) >= 11 is 0. The first-order valence-corrected chi connectivity index (χ1v) is 9.34. The molecule has 1 saturated carbocycles. The van der Waals surface area contributed by atoms with E-state index in [1.807, 2.05) is 0 Å². The van der Waals surface area contributed by atoms with E-state index in [0.717, 1.165) is 44.1 Å². The Balaban J connectivity index is 1.93. The van der Waals surface area contributed by atoms with Gasteiger partial charge in [-0.3, -0.25) is 4.79 Å². The molecule has 0 saturated heterocycles. The molecule has 1 N–H and O–H groups in total. The maximum Gasteiger partial charge on any atom is 0.251 e. The highest BCUT2D eigenvalue weighted by Gasteiger charge is 2.28. The zero-order valence-corrected chi connectivity index (χ0v) is 13.7. The van der Waals surface area contributed by atoms with Crippen LogP contribution >= 0.6 is 0 Å². The van der Waals surface area contributed by atoms with Gasteiger partial charge in [0.2, 0.25) is 10.0 Å². The molecule has 1 aromatic rings. The smallest absolute Gasteiger partial charge is 0.251 e. The average molecular weight is 346 g/mol. The number of sulfonamides is 1. The third-order valence-electron chi connectivity index (χ3n) is 3.96. The minimum Gasteiger partial charge on any atom is -0.351 e. The molecule has 128 valence electrons. The quantitative estimate of drug-likeness (QED) is 0.855. The van der Waals surface area contributed by atoms with Crippen molar-refractivity contribution < 1.29 is 22.0 Å². The lowest BCUT2D eigenvalue weighted by Gasteiger charge is -2.26. The molecule has 1 amide bonds. The number of hydrogen-bond acceptors (Lipinski definition) is 3. The van der Waals surface area contributed by atoms with E-state index < -0.39 is 27.6 Å². The molecule has 1 aliphatic rings. The summed E-state index contributed by atoms with van der Waals surface area (Å²) in [7, 11) is -3.35. The predicted molar refractivity (Wildman–Crippen MR) is 82.5 cm³/mol. The first-order valence-electron chi connectivity index (χ1n) is 7.49. The van der Waals surface area contributed by atoms with Crippen molar-refractivity contribution in [2.45, 2.75) is 31.7 Å². The van der Waals surface area contributed by atoms with Crippen LogP contribution < -0.4 is 5.32 Å². The van der Waals surface area contributed by atoms with Crippen LogP contribution in [0.3, 0.4) is 0 Å². The summed E-state index contributed by atoms with van der Waals surface area (Å²) in [6, 6.07) is 2.85. The van der Waals surface area contributed by atoms with Crippen LogP contribution in [0.1, 0.15) is 36.0 Å². The van der Waals surface area contributed by atoms with Gasteiger partial charge in [0, 0.05) is 24.7 Å². The van der Waals surface area contributed by atoms with Crippen LogP contribution in [0.25, 0.3) is 0 Å². The zero-order valence-electron chi connectivity index (χ0n) is 12.9. The van der Waals surface area contributed by atoms with Crippen LogP contribution in [-0.4, -0.2) is 44.0 Å². The fourth-order valence-corrected chi connectivity index (χ4v) is 4.01. The molecule has 1 aromatic carbocycles. The Bertz CT molecular complexity index is 673. The number of nitrogens with one attached hydrogen (secondary N) is 1. The van der Waals surface area contributed by atoms with Crippen molar-refractivity contribution in [3.8, 4) is 0 Å². The maximum atomic E-state index is 13.1. The third-order valence-corrected chi connectivity index (χ3v) is 5.29. The van der Waals surface area contributed by atoms with Gasteiger partial charge in [-0.15, -0.1) is 0 Å². The van der Waals surface area contributed by atoms with Gasteiger partial charge in [-0.25, -0.2) is 17.2 Å². The molecular weight excluding hydrogens is 326 g/mol. The molecule has 2 rings (SSSR count). The summed E-state index contributed by atoms with van der Waals surface area (Å²) in [6.45, 7) is 0.278. The number of amides is 1. The monoisotopic (exact) mass is 346 g/mol. The van der Waals surface area contributed by atoms with Crippen molar-refractivity contribution in [3.05, 3.63) is 35.4 Å².